The second kappa shape index (κ2) is 7.85. The van der Waals surface area contributed by atoms with Crippen molar-refractivity contribution in [2.75, 3.05) is 31.1 Å². The molecule has 0 bridgehead atoms. The van der Waals surface area contributed by atoms with Crippen molar-refractivity contribution >= 4 is 27.4 Å². The standard InChI is InChI=1S/C19H21ClFN3O3S/c20-14-5-6-18(16(21)12-14)28(25,26)24-11-7-15(13-24)27-17-4-3-8-22-19(17)23-9-1-2-10-23/h3-6,8,12,15H,1-2,7,9-11,13H2/t15-/m1/s1. The second-order valence-corrected chi connectivity index (χ2v) is 9.33. The lowest BCUT2D eigenvalue weighted by Gasteiger charge is -2.22. The Morgan fingerprint density at radius 2 is 1.96 bits per heavy atom. The third-order valence-electron chi connectivity index (χ3n) is 5.07. The first kappa shape index (κ1) is 19.4. The van der Waals surface area contributed by atoms with Gasteiger partial charge < -0.3 is 9.64 Å². The highest BCUT2D eigenvalue weighted by atomic mass is 35.5. The highest BCUT2D eigenvalue weighted by Gasteiger charge is 2.35. The van der Waals surface area contributed by atoms with Gasteiger partial charge in [-0.15, -0.1) is 0 Å². The smallest absolute Gasteiger partial charge is 0.246 e. The van der Waals surface area contributed by atoms with E-state index in [0.29, 0.717) is 12.2 Å². The maximum Gasteiger partial charge on any atom is 0.246 e. The highest BCUT2D eigenvalue weighted by Crippen LogP contribution is 2.32. The number of hydrogen-bond donors (Lipinski definition) is 0. The molecule has 1 atom stereocenters. The minimum absolute atomic E-state index is 0.158. The van der Waals surface area contributed by atoms with Crippen molar-refractivity contribution < 1.29 is 17.5 Å². The number of benzene rings is 1. The molecule has 0 unspecified atom stereocenters. The van der Waals surface area contributed by atoms with Gasteiger partial charge in [0, 0.05) is 30.9 Å². The van der Waals surface area contributed by atoms with Crippen LogP contribution in [0.2, 0.25) is 5.02 Å². The first-order valence-corrected chi connectivity index (χ1v) is 11.1. The van der Waals surface area contributed by atoms with Crippen molar-refractivity contribution in [3.05, 3.63) is 47.4 Å². The lowest BCUT2D eigenvalue weighted by Crippen LogP contribution is -2.32. The fraction of sp³-hybridized carbons (Fsp3) is 0.421. The van der Waals surface area contributed by atoms with E-state index in [0.717, 1.165) is 37.8 Å². The number of halogens is 2. The van der Waals surface area contributed by atoms with E-state index in [4.69, 9.17) is 16.3 Å². The highest BCUT2D eigenvalue weighted by molar-refractivity contribution is 7.89. The van der Waals surface area contributed by atoms with Crippen LogP contribution in [0.25, 0.3) is 0 Å². The largest absolute Gasteiger partial charge is 0.485 e. The van der Waals surface area contributed by atoms with Crippen LogP contribution in [-0.4, -0.2) is 50.0 Å². The van der Waals surface area contributed by atoms with Crippen molar-refractivity contribution in [1.82, 2.24) is 9.29 Å². The zero-order valence-corrected chi connectivity index (χ0v) is 16.8. The van der Waals surface area contributed by atoms with Crippen molar-refractivity contribution in [3.63, 3.8) is 0 Å². The summed E-state index contributed by atoms with van der Waals surface area (Å²) < 4.78 is 47.1. The SMILES string of the molecule is O=S(=O)(c1ccc(Cl)cc1F)N1CC[C@@H](Oc2cccnc2N2CCCC2)C1. The molecule has 9 heteroatoms. The van der Waals surface area contributed by atoms with Crippen LogP contribution in [-0.2, 0) is 10.0 Å². The Kier molecular flexibility index (Phi) is 5.44. The summed E-state index contributed by atoms with van der Waals surface area (Å²) >= 11 is 5.73. The van der Waals surface area contributed by atoms with E-state index >= 15 is 0 Å². The van der Waals surface area contributed by atoms with Crippen LogP contribution in [0.15, 0.2) is 41.4 Å². The Labute approximate surface area is 168 Å². The summed E-state index contributed by atoms with van der Waals surface area (Å²) in [7, 11) is -3.94. The summed E-state index contributed by atoms with van der Waals surface area (Å²) in [6.45, 7) is 2.32. The topological polar surface area (TPSA) is 62.7 Å². The van der Waals surface area contributed by atoms with Gasteiger partial charge >= 0.3 is 0 Å². The molecule has 0 N–H and O–H groups in total. The van der Waals surface area contributed by atoms with Crippen LogP contribution >= 0.6 is 11.6 Å². The van der Waals surface area contributed by atoms with Crippen LogP contribution < -0.4 is 9.64 Å². The number of hydrogen-bond acceptors (Lipinski definition) is 5. The van der Waals surface area contributed by atoms with Crippen LogP contribution in [0, 0.1) is 5.82 Å². The first-order chi connectivity index (χ1) is 13.4. The average molecular weight is 426 g/mol. The van der Waals surface area contributed by atoms with Crippen molar-refractivity contribution in [1.29, 1.82) is 0 Å². The van der Waals surface area contributed by atoms with Crippen LogP contribution in [0.1, 0.15) is 19.3 Å². The van der Waals surface area contributed by atoms with Crippen molar-refractivity contribution in [2.45, 2.75) is 30.3 Å². The maximum atomic E-state index is 14.1. The zero-order valence-electron chi connectivity index (χ0n) is 15.2. The molecule has 2 fully saturated rings. The average Bonchev–Trinajstić information content (AvgIpc) is 3.34. The molecule has 1 aromatic carbocycles. The van der Waals surface area contributed by atoms with E-state index in [9.17, 15) is 12.8 Å². The van der Waals surface area contributed by atoms with Gasteiger partial charge in [0.25, 0.3) is 0 Å². The summed E-state index contributed by atoms with van der Waals surface area (Å²) in [5.74, 6) is 0.608. The molecular weight excluding hydrogens is 405 g/mol. The van der Waals surface area contributed by atoms with Gasteiger partial charge in [0.1, 0.15) is 16.8 Å². The van der Waals surface area contributed by atoms with Crippen LogP contribution in [0.4, 0.5) is 10.2 Å². The Morgan fingerprint density at radius 3 is 2.71 bits per heavy atom. The molecule has 0 radical (unpaired) electrons. The van der Waals surface area contributed by atoms with Gasteiger partial charge in [0.05, 0.1) is 6.54 Å². The van der Waals surface area contributed by atoms with Gasteiger partial charge in [-0.05, 0) is 49.6 Å². The molecule has 0 aliphatic carbocycles. The number of anilines is 1. The summed E-state index contributed by atoms with van der Waals surface area (Å²) in [5, 5.41) is 0.158. The monoisotopic (exact) mass is 425 g/mol. The number of sulfonamides is 1. The van der Waals surface area contributed by atoms with Crippen molar-refractivity contribution in [3.8, 4) is 5.75 Å². The maximum absolute atomic E-state index is 14.1. The number of nitrogens with zero attached hydrogens (tertiary/aromatic N) is 3. The minimum Gasteiger partial charge on any atom is -0.485 e. The number of rotatable bonds is 5. The van der Waals surface area contributed by atoms with Gasteiger partial charge in [-0.2, -0.15) is 4.31 Å². The first-order valence-electron chi connectivity index (χ1n) is 9.27. The molecule has 2 saturated heterocycles. The Hall–Kier alpha value is -1.90. The summed E-state index contributed by atoms with van der Waals surface area (Å²) in [6.07, 6.45) is 4.20. The van der Waals surface area contributed by atoms with E-state index in [2.05, 4.69) is 9.88 Å². The predicted molar refractivity (Wildman–Crippen MR) is 105 cm³/mol. The number of ether oxygens (including phenoxy) is 1. The zero-order chi connectivity index (χ0) is 19.7. The molecule has 0 amide bonds. The molecular formula is C19H21ClFN3O3S. The molecule has 3 heterocycles. The normalized spacial score (nSPS) is 20.6. The fourth-order valence-corrected chi connectivity index (χ4v) is 5.35. The number of aromatic nitrogens is 1. The van der Waals surface area contributed by atoms with E-state index in [1.165, 1.54) is 16.4 Å². The fourth-order valence-electron chi connectivity index (χ4n) is 3.66. The molecule has 0 spiro atoms. The third-order valence-corrected chi connectivity index (χ3v) is 7.20. The molecule has 150 valence electrons. The van der Waals surface area contributed by atoms with Crippen LogP contribution in [0.3, 0.4) is 0 Å². The summed E-state index contributed by atoms with van der Waals surface area (Å²) in [4.78, 5) is 6.26. The Morgan fingerprint density at radius 1 is 1.18 bits per heavy atom. The van der Waals surface area contributed by atoms with Gasteiger partial charge in [-0.25, -0.2) is 17.8 Å². The molecule has 2 aliphatic heterocycles. The van der Waals surface area contributed by atoms with E-state index in [1.807, 2.05) is 6.07 Å². The third kappa shape index (κ3) is 3.81. The van der Waals surface area contributed by atoms with E-state index < -0.39 is 15.8 Å². The quantitative estimate of drug-likeness (QED) is 0.735. The Bertz CT molecular complexity index is 967. The van der Waals surface area contributed by atoms with Gasteiger partial charge in [0.15, 0.2) is 11.6 Å². The van der Waals surface area contributed by atoms with Gasteiger partial charge in [0.2, 0.25) is 10.0 Å². The molecule has 6 nitrogen and oxygen atoms in total. The lowest BCUT2D eigenvalue weighted by molar-refractivity contribution is 0.215. The van der Waals surface area contributed by atoms with Crippen molar-refractivity contribution in [2.24, 2.45) is 0 Å². The summed E-state index contributed by atoms with van der Waals surface area (Å²) in [5.41, 5.74) is 0. The molecule has 1 aromatic heterocycles. The van der Waals surface area contributed by atoms with Crippen LogP contribution in [0.5, 0.6) is 5.75 Å². The van der Waals surface area contributed by atoms with E-state index in [1.54, 1.807) is 12.3 Å². The Balaban J connectivity index is 1.49. The summed E-state index contributed by atoms with van der Waals surface area (Å²) in [6, 6.07) is 7.25. The molecule has 0 saturated carbocycles. The molecule has 28 heavy (non-hydrogen) atoms. The number of pyridine rings is 1. The van der Waals surface area contributed by atoms with Gasteiger partial charge in [-0.3, -0.25) is 0 Å². The second-order valence-electron chi connectivity index (χ2n) is 6.99. The van der Waals surface area contributed by atoms with E-state index in [-0.39, 0.29) is 29.1 Å². The molecule has 2 aromatic rings. The predicted octanol–water partition coefficient (Wildman–Crippen LogP) is 3.32. The minimum atomic E-state index is -3.94. The molecule has 2 aliphatic rings. The molecule has 4 rings (SSSR count). The van der Waals surface area contributed by atoms with Gasteiger partial charge in [-0.1, -0.05) is 11.6 Å². The lowest BCUT2D eigenvalue weighted by atomic mass is 10.3.